The molecule has 1 aromatic rings. The van der Waals surface area contributed by atoms with Crippen molar-refractivity contribution in [1.29, 1.82) is 0 Å². The molecule has 0 bridgehead atoms. The molecule has 1 aliphatic carbocycles. The van der Waals surface area contributed by atoms with E-state index in [-0.39, 0.29) is 16.9 Å². The number of benzene rings is 1. The summed E-state index contributed by atoms with van der Waals surface area (Å²) >= 11 is 0. The van der Waals surface area contributed by atoms with E-state index < -0.39 is 6.10 Å². The van der Waals surface area contributed by atoms with Crippen LogP contribution in [-0.2, 0) is 10.2 Å². The van der Waals surface area contributed by atoms with Gasteiger partial charge in [-0.1, -0.05) is 25.6 Å². The molecule has 22 heavy (non-hydrogen) atoms. The number of nitrogens with one attached hydrogen (secondary N) is 1. The lowest BCUT2D eigenvalue weighted by Crippen LogP contribution is -2.53. The molecule has 4 heteroatoms. The Labute approximate surface area is 131 Å². The fourth-order valence-electron chi connectivity index (χ4n) is 4.15. The van der Waals surface area contributed by atoms with Gasteiger partial charge >= 0.3 is 0 Å². The molecule has 0 saturated heterocycles. The number of ketones is 1. The van der Waals surface area contributed by atoms with Crippen molar-refractivity contribution in [3.05, 3.63) is 29.8 Å². The average Bonchev–Trinajstić information content (AvgIpc) is 2.88. The number of fused-ring (bicyclic) bond motifs is 3. The highest BCUT2D eigenvalue weighted by molar-refractivity contribution is 5.89. The van der Waals surface area contributed by atoms with Crippen LogP contribution in [0.4, 0.5) is 0 Å². The summed E-state index contributed by atoms with van der Waals surface area (Å²) in [4.78, 5) is 12.5. The smallest absolute Gasteiger partial charge is 0.174 e. The first-order chi connectivity index (χ1) is 10.6. The molecule has 0 aromatic heterocycles. The van der Waals surface area contributed by atoms with Crippen LogP contribution in [0.25, 0.3) is 6.08 Å². The topological polar surface area (TPSA) is 58.6 Å². The van der Waals surface area contributed by atoms with Crippen LogP contribution >= 0.6 is 0 Å². The second-order valence-corrected chi connectivity index (χ2v) is 6.38. The molecule has 3 rings (SSSR count). The van der Waals surface area contributed by atoms with Crippen molar-refractivity contribution in [2.75, 3.05) is 13.6 Å². The van der Waals surface area contributed by atoms with Gasteiger partial charge in [0.15, 0.2) is 23.4 Å². The lowest BCUT2D eigenvalue weighted by atomic mass is 9.59. The normalized spacial score (nSPS) is 29.6. The number of rotatable bonds is 4. The highest BCUT2D eigenvalue weighted by Crippen LogP contribution is 2.57. The molecular formula is C18H23NO3. The minimum Gasteiger partial charge on any atom is -0.504 e. The Morgan fingerprint density at radius 3 is 3.00 bits per heavy atom. The molecule has 0 amide bonds. The summed E-state index contributed by atoms with van der Waals surface area (Å²) in [6.07, 6.45) is 3.50. The predicted molar refractivity (Wildman–Crippen MR) is 86.2 cm³/mol. The zero-order valence-electron chi connectivity index (χ0n) is 13.2. The fourth-order valence-corrected chi connectivity index (χ4v) is 4.15. The van der Waals surface area contributed by atoms with Crippen molar-refractivity contribution in [3.8, 4) is 11.5 Å². The summed E-state index contributed by atoms with van der Waals surface area (Å²) in [6, 6.07) is 3.48. The van der Waals surface area contributed by atoms with Gasteiger partial charge in [0.1, 0.15) is 0 Å². The second-order valence-electron chi connectivity index (χ2n) is 6.38. The van der Waals surface area contributed by atoms with Crippen LogP contribution in [0.15, 0.2) is 18.7 Å². The molecular weight excluding hydrogens is 278 g/mol. The molecule has 118 valence electrons. The van der Waals surface area contributed by atoms with Crippen molar-refractivity contribution in [3.63, 3.8) is 0 Å². The average molecular weight is 301 g/mol. The summed E-state index contributed by atoms with van der Waals surface area (Å²) in [5.74, 6) is 1.03. The first-order valence-corrected chi connectivity index (χ1v) is 7.89. The number of phenols is 1. The summed E-state index contributed by atoms with van der Waals surface area (Å²) in [7, 11) is 1.91. The molecule has 3 atom stereocenters. The molecule has 0 spiro atoms. The van der Waals surface area contributed by atoms with Crippen molar-refractivity contribution < 1.29 is 14.6 Å². The van der Waals surface area contributed by atoms with Crippen molar-refractivity contribution in [2.24, 2.45) is 5.92 Å². The van der Waals surface area contributed by atoms with Gasteiger partial charge in [-0.2, -0.15) is 0 Å². The number of ether oxygens (including phenoxy) is 1. The van der Waals surface area contributed by atoms with Crippen LogP contribution in [-0.4, -0.2) is 30.6 Å². The fraction of sp³-hybridized carbons (Fsp3) is 0.500. The largest absolute Gasteiger partial charge is 0.504 e. The van der Waals surface area contributed by atoms with E-state index in [1.807, 2.05) is 13.1 Å². The lowest BCUT2D eigenvalue weighted by molar-refractivity contribution is -0.132. The summed E-state index contributed by atoms with van der Waals surface area (Å²) < 4.78 is 5.99. The van der Waals surface area contributed by atoms with Crippen LogP contribution in [0.3, 0.4) is 0 Å². The third-order valence-corrected chi connectivity index (χ3v) is 5.34. The van der Waals surface area contributed by atoms with Crippen molar-refractivity contribution in [2.45, 2.75) is 37.7 Å². The standard InChI is InChI=1S/C18H23NO3/c1-4-12-6-8-13(20)16-15(12)18(9-10-19-3)11(2)5-7-14(21)17(18)22-16/h4,6,8,11,17,19-20H,1,5,7,9-10H2,2-3H3/t11-,17+,18+/m1/s1. The van der Waals surface area contributed by atoms with Crippen LogP contribution in [0.2, 0.25) is 0 Å². The van der Waals surface area contributed by atoms with E-state index >= 15 is 0 Å². The lowest BCUT2D eigenvalue weighted by Gasteiger charge is -2.43. The Morgan fingerprint density at radius 2 is 2.32 bits per heavy atom. The maximum atomic E-state index is 12.5. The summed E-state index contributed by atoms with van der Waals surface area (Å²) in [6.45, 7) is 6.87. The minimum atomic E-state index is -0.494. The molecule has 1 fully saturated rings. The maximum Gasteiger partial charge on any atom is 0.174 e. The van der Waals surface area contributed by atoms with E-state index in [0.29, 0.717) is 18.1 Å². The number of carbonyl (C=O) groups excluding carboxylic acids is 1. The SMILES string of the molecule is C=Cc1ccc(O)c2c1[C@]1(CCNC)[C@H](C)CCC(=O)[C@@H]1O2. The van der Waals surface area contributed by atoms with E-state index in [1.165, 1.54) is 0 Å². The van der Waals surface area contributed by atoms with Gasteiger partial charge in [-0.3, -0.25) is 4.79 Å². The van der Waals surface area contributed by atoms with E-state index in [1.54, 1.807) is 12.1 Å². The number of hydrogen-bond acceptors (Lipinski definition) is 4. The Hall–Kier alpha value is -1.81. The summed E-state index contributed by atoms with van der Waals surface area (Å²) in [5.41, 5.74) is 1.53. The van der Waals surface area contributed by atoms with Gasteiger partial charge in [-0.25, -0.2) is 0 Å². The zero-order chi connectivity index (χ0) is 15.9. The van der Waals surface area contributed by atoms with E-state index in [9.17, 15) is 9.90 Å². The predicted octanol–water partition coefficient (Wildman–Crippen LogP) is 2.64. The van der Waals surface area contributed by atoms with Gasteiger partial charge in [0, 0.05) is 17.4 Å². The van der Waals surface area contributed by atoms with Gasteiger partial charge in [-0.15, -0.1) is 0 Å². The number of carbonyl (C=O) groups is 1. The number of aromatic hydroxyl groups is 1. The molecule has 2 aliphatic rings. The number of Topliss-reactive ketones (excluding diaryl/α,β-unsaturated/α-hetero) is 1. The zero-order valence-corrected chi connectivity index (χ0v) is 13.2. The monoisotopic (exact) mass is 301 g/mol. The number of hydrogen-bond donors (Lipinski definition) is 2. The van der Waals surface area contributed by atoms with Gasteiger partial charge in [0.25, 0.3) is 0 Å². The van der Waals surface area contributed by atoms with Gasteiger partial charge in [0.05, 0.1) is 0 Å². The van der Waals surface area contributed by atoms with Crippen LogP contribution < -0.4 is 10.1 Å². The van der Waals surface area contributed by atoms with Crippen LogP contribution in [0.1, 0.15) is 37.3 Å². The third-order valence-electron chi connectivity index (χ3n) is 5.34. The molecule has 0 radical (unpaired) electrons. The van der Waals surface area contributed by atoms with Crippen molar-refractivity contribution in [1.82, 2.24) is 5.32 Å². The molecule has 1 aliphatic heterocycles. The summed E-state index contributed by atoms with van der Waals surface area (Å²) in [5, 5.41) is 13.4. The molecule has 1 heterocycles. The Bertz CT molecular complexity index is 625. The molecule has 4 nitrogen and oxygen atoms in total. The van der Waals surface area contributed by atoms with E-state index in [4.69, 9.17) is 4.74 Å². The molecule has 1 aromatic carbocycles. The Morgan fingerprint density at radius 1 is 1.55 bits per heavy atom. The highest BCUT2D eigenvalue weighted by atomic mass is 16.5. The van der Waals surface area contributed by atoms with Gasteiger partial charge in [0.2, 0.25) is 0 Å². The molecule has 2 N–H and O–H groups in total. The molecule has 0 unspecified atom stereocenters. The highest BCUT2D eigenvalue weighted by Gasteiger charge is 2.58. The van der Waals surface area contributed by atoms with Crippen LogP contribution in [0.5, 0.6) is 11.5 Å². The second kappa shape index (κ2) is 5.43. The minimum absolute atomic E-state index is 0.110. The first-order valence-electron chi connectivity index (χ1n) is 7.89. The molecule has 1 saturated carbocycles. The van der Waals surface area contributed by atoms with E-state index in [0.717, 1.165) is 30.5 Å². The first kappa shape index (κ1) is 15.1. The number of phenolic OH excluding ortho intramolecular Hbond substituents is 1. The van der Waals surface area contributed by atoms with Gasteiger partial charge in [-0.05, 0) is 44.0 Å². The van der Waals surface area contributed by atoms with Crippen LogP contribution in [0, 0.1) is 5.92 Å². The van der Waals surface area contributed by atoms with E-state index in [2.05, 4.69) is 18.8 Å². The van der Waals surface area contributed by atoms with Gasteiger partial charge < -0.3 is 15.2 Å². The quantitative estimate of drug-likeness (QED) is 0.897. The third kappa shape index (κ3) is 1.90. The van der Waals surface area contributed by atoms with Crippen molar-refractivity contribution >= 4 is 11.9 Å². The Balaban J connectivity index is 2.24. The maximum absolute atomic E-state index is 12.5. The Kier molecular flexibility index (Phi) is 3.73.